The molecule has 2 rings (SSSR count). The summed E-state index contributed by atoms with van der Waals surface area (Å²) in [6.07, 6.45) is 2.23. The van der Waals surface area contributed by atoms with Crippen LogP contribution in [0.15, 0.2) is 0 Å². The smallest absolute Gasteiger partial charge is 0.407 e. The minimum Gasteiger partial charge on any atom is -0.449 e. The second-order valence-electron chi connectivity index (χ2n) is 4.61. The van der Waals surface area contributed by atoms with Gasteiger partial charge < -0.3 is 24.8 Å². The zero-order valence-electron chi connectivity index (χ0n) is 10.9. The molecule has 0 spiro atoms. The van der Waals surface area contributed by atoms with Gasteiger partial charge in [0.1, 0.15) is 6.04 Å². The van der Waals surface area contributed by atoms with Crippen LogP contribution in [0.5, 0.6) is 0 Å². The van der Waals surface area contributed by atoms with Gasteiger partial charge in [0, 0.05) is 26.2 Å². The molecule has 1 atom stereocenters. The fourth-order valence-electron chi connectivity index (χ4n) is 1.90. The third kappa shape index (κ3) is 4.68. The Balaban J connectivity index is 1.44. The van der Waals surface area contributed by atoms with E-state index in [1.807, 2.05) is 0 Å². The summed E-state index contributed by atoms with van der Waals surface area (Å²) in [5.74, 6) is -0.167. The largest absolute Gasteiger partial charge is 0.449 e. The molecule has 2 aliphatic heterocycles. The quantitative estimate of drug-likeness (QED) is 0.516. The average molecular weight is 272 g/mol. The number of alkyl carbamates (subject to hydrolysis) is 1. The van der Waals surface area contributed by atoms with Crippen molar-refractivity contribution in [3.05, 3.63) is 0 Å². The molecule has 0 aromatic carbocycles. The van der Waals surface area contributed by atoms with Gasteiger partial charge in [-0.2, -0.15) is 0 Å². The van der Waals surface area contributed by atoms with E-state index in [2.05, 4.69) is 10.6 Å². The van der Waals surface area contributed by atoms with Gasteiger partial charge in [0.05, 0.1) is 19.3 Å². The van der Waals surface area contributed by atoms with Crippen LogP contribution in [0, 0.1) is 0 Å². The van der Waals surface area contributed by atoms with Crippen LogP contribution < -0.4 is 10.6 Å². The lowest BCUT2D eigenvalue weighted by Gasteiger charge is -2.26. The van der Waals surface area contributed by atoms with E-state index < -0.39 is 12.1 Å². The van der Waals surface area contributed by atoms with Gasteiger partial charge in [-0.1, -0.05) is 0 Å². The Labute approximate surface area is 112 Å². The molecule has 0 bridgehead atoms. The van der Waals surface area contributed by atoms with Crippen LogP contribution >= 0.6 is 0 Å². The van der Waals surface area contributed by atoms with Gasteiger partial charge in [0.25, 0.3) is 0 Å². The molecule has 108 valence electrons. The number of β-lactam (4-membered cyclic amide) rings is 1. The van der Waals surface area contributed by atoms with Crippen molar-refractivity contribution in [3.8, 4) is 0 Å². The van der Waals surface area contributed by atoms with Gasteiger partial charge >= 0.3 is 6.09 Å². The Hall–Kier alpha value is -1.34. The fraction of sp³-hybridized carbons (Fsp3) is 0.833. The maximum Gasteiger partial charge on any atom is 0.407 e. The first kappa shape index (κ1) is 14.1. The van der Waals surface area contributed by atoms with Crippen LogP contribution in [0.25, 0.3) is 0 Å². The van der Waals surface area contributed by atoms with Crippen molar-refractivity contribution in [2.24, 2.45) is 0 Å². The molecular weight excluding hydrogens is 252 g/mol. The lowest BCUT2D eigenvalue weighted by atomic mass is 10.1. The van der Waals surface area contributed by atoms with E-state index in [0.717, 1.165) is 26.1 Å². The molecule has 7 nitrogen and oxygen atoms in total. The summed E-state index contributed by atoms with van der Waals surface area (Å²) in [4.78, 5) is 22.2. The first-order valence-corrected chi connectivity index (χ1v) is 6.66. The molecule has 7 heteroatoms. The highest BCUT2D eigenvalue weighted by Crippen LogP contribution is 2.10. The maximum absolute atomic E-state index is 11.3. The Kier molecular flexibility index (Phi) is 5.41. The summed E-state index contributed by atoms with van der Waals surface area (Å²) in [5.41, 5.74) is 0. The molecule has 2 saturated heterocycles. The van der Waals surface area contributed by atoms with Crippen LogP contribution in [-0.2, 0) is 19.0 Å². The molecule has 2 fully saturated rings. The predicted molar refractivity (Wildman–Crippen MR) is 65.7 cm³/mol. The Morgan fingerprint density at radius 3 is 2.79 bits per heavy atom. The first-order valence-electron chi connectivity index (χ1n) is 6.66. The molecule has 2 heterocycles. The predicted octanol–water partition coefficient (Wildman–Crippen LogP) is -0.203. The zero-order chi connectivity index (χ0) is 13.5. The third-order valence-corrected chi connectivity index (χ3v) is 3.13. The van der Waals surface area contributed by atoms with E-state index >= 15 is 0 Å². The van der Waals surface area contributed by atoms with Crippen molar-refractivity contribution in [1.29, 1.82) is 0 Å². The highest BCUT2D eigenvalue weighted by atomic mass is 16.6. The molecule has 0 unspecified atom stereocenters. The molecule has 19 heavy (non-hydrogen) atoms. The highest BCUT2D eigenvalue weighted by molar-refractivity contribution is 5.90. The van der Waals surface area contributed by atoms with Crippen LogP contribution in [0.1, 0.15) is 19.3 Å². The minimum atomic E-state index is -0.550. The molecule has 2 amide bonds. The summed E-state index contributed by atoms with van der Waals surface area (Å²) >= 11 is 0. The number of ether oxygens (including phenoxy) is 3. The Morgan fingerprint density at radius 2 is 2.16 bits per heavy atom. The third-order valence-electron chi connectivity index (χ3n) is 3.13. The standard InChI is InChI=1S/C12H20N2O5/c15-11-10(8-13-11)14-12(16)19-5-1-4-18-9-2-6-17-7-3-9/h9-10H,1-8H2,(H,13,15)(H,14,16)/t10-/m0/s1. The number of amides is 2. The van der Waals surface area contributed by atoms with Crippen molar-refractivity contribution >= 4 is 12.0 Å². The molecule has 0 saturated carbocycles. The second kappa shape index (κ2) is 7.30. The van der Waals surface area contributed by atoms with E-state index in [1.165, 1.54) is 0 Å². The van der Waals surface area contributed by atoms with Gasteiger partial charge in [-0.25, -0.2) is 4.79 Å². The van der Waals surface area contributed by atoms with Gasteiger partial charge in [-0.15, -0.1) is 0 Å². The first-order chi connectivity index (χ1) is 9.25. The summed E-state index contributed by atoms with van der Waals surface area (Å²) in [6.45, 7) is 2.85. The normalized spacial score (nSPS) is 23.4. The minimum absolute atomic E-state index is 0.167. The Morgan fingerprint density at radius 1 is 1.37 bits per heavy atom. The zero-order valence-corrected chi connectivity index (χ0v) is 10.9. The lowest BCUT2D eigenvalue weighted by molar-refractivity contribution is -0.128. The topological polar surface area (TPSA) is 85.9 Å². The van der Waals surface area contributed by atoms with Crippen molar-refractivity contribution in [3.63, 3.8) is 0 Å². The molecule has 2 aliphatic rings. The lowest BCUT2D eigenvalue weighted by Crippen LogP contribution is -2.61. The molecule has 0 aromatic heterocycles. The van der Waals surface area contributed by atoms with Crippen molar-refractivity contribution in [1.82, 2.24) is 10.6 Å². The molecule has 0 radical (unpaired) electrons. The van der Waals surface area contributed by atoms with Gasteiger partial charge in [-0.05, 0) is 12.8 Å². The van der Waals surface area contributed by atoms with Crippen LogP contribution in [0.3, 0.4) is 0 Å². The van der Waals surface area contributed by atoms with Crippen LogP contribution in [0.2, 0.25) is 0 Å². The highest BCUT2D eigenvalue weighted by Gasteiger charge is 2.29. The van der Waals surface area contributed by atoms with E-state index in [1.54, 1.807) is 0 Å². The van der Waals surface area contributed by atoms with Crippen molar-refractivity contribution in [2.75, 3.05) is 33.0 Å². The summed E-state index contributed by atoms with van der Waals surface area (Å²) in [5, 5.41) is 5.01. The van der Waals surface area contributed by atoms with E-state index in [-0.39, 0.29) is 12.0 Å². The number of carbonyl (C=O) groups is 2. The monoisotopic (exact) mass is 272 g/mol. The number of hydrogen-bond acceptors (Lipinski definition) is 5. The maximum atomic E-state index is 11.3. The molecule has 2 N–H and O–H groups in total. The van der Waals surface area contributed by atoms with Crippen molar-refractivity contribution in [2.45, 2.75) is 31.4 Å². The molecule has 0 aromatic rings. The second-order valence-corrected chi connectivity index (χ2v) is 4.61. The van der Waals surface area contributed by atoms with E-state index in [4.69, 9.17) is 14.2 Å². The van der Waals surface area contributed by atoms with Crippen LogP contribution in [0.4, 0.5) is 4.79 Å². The van der Waals surface area contributed by atoms with Gasteiger partial charge in [-0.3, -0.25) is 4.79 Å². The number of hydrogen-bond donors (Lipinski definition) is 2. The SMILES string of the molecule is O=C(N[C@H]1CNC1=O)OCCCOC1CCOCC1. The van der Waals surface area contributed by atoms with Crippen LogP contribution in [-0.4, -0.2) is 57.1 Å². The summed E-state index contributed by atoms with van der Waals surface area (Å²) in [7, 11) is 0. The number of rotatable bonds is 6. The summed E-state index contributed by atoms with van der Waals surface area (Å²) < 4.78 is 15.8. The fourth-order valence-corrected chi connectivity index (χ4v) is 1.90. The number of carbonyl (C=O) groups excluding carboxylic acids is 2. The van der Waals surface area contributed by atoms with Gasteiger partial charge in [0.2, 0.25) is 5.91 Å². The van der Waals surface area contributed by atoms with Gasteiger partial charge in [0.15, 0.2) is 0 Å². The average Bonchev–Trinajstić information content (AvgIpc) is 2.44. The molecular formula is C12H20N2O5. The van der Waals surface area contributed by atoms with E-state index in [0.29, 0.717) is 26.2 Å². The van der Waals surface area contributed by atoms with Crippen molar-refractivity contribution < 1.29 is 23.8 Å². The summed E-state index contributed by atoms with van der Waals surface area (Å²) in [6, 6.07) is -0.439. The van der Waals surface area contributed by atoms with E-state index in [9.17, 15) is 9.59 Å². The number of nitrogens with one attached hydrogen (secondary N) is 2. The molecule has 0 aliphatic carbocycles. The Bertz CT molecular complexity index is 317.